The third-order valence-electron chi connectivity index (χ3n) is 3.80. The average Bonchev–Trinajstić information content (AvgIpc) is 3.14. The van der Waals surface area contributed by atoms with Gasteiger partial charge < -0.3 is 9.15 Å². The third kappa shape index (κ3) is 6.18. The van der Waals surface area contributed by atoms with Crippen LogP contribution in [0.5, 0.6) is 5.75 Å². The Morgan fingerprint density at radius 1 is 1.07 bits per heavy atom. The van der Waals surface area contributed by atoms with Gasteiger partial charge in [0.1, 0.15) is 17.3 Å². The second-order valence-electron chi connectivity index (χ2n) is 6.07. The molecule has 2 amide bonds. The maximum Gasteiger partial charge on any atom is 0.276 e. The lowest BCUT2D eigenvalue weighted by molar-refractivity contribution is -0.123. The molecular weight excluding hydrogens is 390 g/mol. The Labute approximate surface area is 172 Å². The summed E-state index contributed by atoms with van der Waals surface area (Å²) in [5.74, 6) is 0.967. The van der Waals surface area contributed by atoms with Crippen LogP contribution in [0, 0.1) is 6.92 Å². The first-order valence-electron chi connectivity index (χ1n) is 8.75. The van der Waals surface area contributed by atoms with Crippen LogP contribution in [0.4, 0.5) is 0 Å². The summed E-state index contributed by atoms with van der Waals surface area (Å²) in [6.07, 6.45) is 2.79. The standard InChI is InChI=1S/C21H19N3O4S/c1-14-6-8-17(28-14)10-11-19(25)22-21(29)24-23-20(26)13-27-18-9-7-15-4-2-3-5-16(15)12-18/h2-12H,13H2,1H3,(H,23,26)(H2,22,24,25,29)/b11-10+. The predicted molar refractivity (Wildman–Crippen MR) is 114 cm³/mol. The lowest BCUT2D eigenvalue weighted by Crippen LogP contribution is -2.49. The number of ether oxygens (including phenoxy) is 1. The fourth-order valence-corrected chi connectivity index (χ4v) is 2.61. The lowest BCUT2D eigenvalue weighted by Gasteiger charge is -2.11. The van der Waals surface area contributed by atoms with Crippen LogP contribution in [-0.2, 0) is 9.59 Å². The van der Waals surface area contributed by atoms with Crippen LogP contribution in [0.15, 0.2) is 65.1 Å². The molecule has 0 atom stereocenters. The summed E-state index contributed by atoms with van der Waals surface area (Å²) in [4.78, 5) is 23.7. The van der Waals surface area contributed by atoms with Gasteiger partial charge >= 0.3 is 0 Å². The number of aryl methyl sites for hydroxylation is 1. The number of rotatable bonds is 5. The van der Waals surface area contributed by atoms with Gasteiger partial charge in [-0.2, -0.15) is 0 Å². The molecule has 0 saturated carbocycles. The number of hydrazine groups is 1. The molecule has 0 saturated heterocycles. The van der Waals surface area contributed by atoms with Gasteiger partial charge in [-0.25, -0.2) is 0 Å². The molecule has 148 valence electrons. The molecule has 29 heavy (non-hydrogen) atoms. The highest BCUT2D eigenvalue weighted by atomic mass is 32.1. The number of nitrogens with one attached hydrogen (secondary N) is 3. The van der Waals surface area contributed by atoms with E-state index < -0.39 is 11.8 Å². The number of carbonyl (C=O) groups is 2. The van der Waals surface area contributed by atoms with Crippen molar-refractivity contribution < 1.29 is 18.7 Å². The van der Waals surface area contributed by atoms with E-state index in [1.165, 1.54) is 12.2 Å². The molecule has 0 spiro atoms. The van der Waals surface area contributed by atoms with Gasteiger partial charge in [-0.15, -0.1) is 0 Å². The van der Waals surface area contributed by atoms with Gasteiger partial charge in [-0.1, -0.05) is 30.3 Å². The molecule has 0 unspecified atom stereocenters. The monoisotopic (exact) mass is 409 g/mol. The minimum absolute atomic E-state index is 0.0469. The molecule has 2 aromatic carbocycles. The Balaban J connectivity index is 1.39. The van der Waals surface area contributed by atoms with Crippen molar-refractivity contribution in [3.8, 4) is 5.75 Å². The molecule has 0 aliphatic heterocycles. The first-order chi connectivity index (χ1) is 14.0. The average molecular weight is 409 g/mol. The number of thiocarbonyl (C=S) groups is 1. The zero-order valence-electron chi connectivity index (χ0n) is 15.6. The molecule has 7 nitrogen and oxygen atoms in total. The van der Waals surface area contributed by atoms with Crippen LogP contribution < -0.4 is 20.9 Å². The topological polar surface area (TPSA) is 92.6 Å². The number of hydrogen-bond donors (Lipinski definition) is 3. The van der Waals surface area contributed by atoms with Gasteiger partial charge in [-0.05, 0) is 60.3 Å². The Bertz CT molecular complexity index is 1070. The Morgan fingerprint density at radius 3 is 2.62 bits per heavy atom. The van der Waals surface area contributed by atoms with Gasteiger partial charge in [0.2, 0.25) is 5.91 Å². The van der Waals surface area contributed by atoms with Crippen molar-refractivity contribution in [3.63, 3.8) is 0 Å². The van der Waals surface area contributed by atoms with E-state index in [2.05, 4.69) is 16.2 Å². The summed E-state index contributed by atoms with van der Waals surface area (Å²) in [6, 6.07) is 16.9. The molecule has 1 heterocycles. The smallest absolute Gasteiger partial charge is 0.276 e. The predicted octanol–water partition coefficient (Wildman–Crippen LogP) is 2.86. The van der Waals surface area contributed by atoms with Gasteiger partial charge in [0.05, 0.1) is 0 Å². The van der Waals surface area contributed by atoms with E-state index >= 15 is 0 Å². The van der Waals surface area contributed by atoms with E-state index in [-0.39, 0.29) is 11.7 Å². The largest absolute Gasteiger partial charge is 0.484 e. The van der Waals surface area contributed by atoms with E-state index in [0.717, 1.165) is 16.5 Å². The Kier molecular flexibility index (Phi) is 6.59. The highest BCUT2D eigenvalue weighted by molar-refractivity contribution is 7.80. The molecule has 3 N–H and O–H groups in total. The van der Waals surface area contributed by atoms with Gasteiger partial charge in [0.25, 0.3) is 5.91 Å². The number of fused-ring (bicyclic) bond motifs is 1. The molecule has 0 bridgehead atoms. The summed E-state index contributed by atoms with van der Waals surface area (Å²) in [5.41, 5.74) is 4.80. The van der Waals surface area contributed by atoms with E-state index in [1.54, 1.807) is 18.2 Å². The number of hydrogen-bond acceptors (Lipinski definition) is 5. The Hall–Kier alpha value is -3.65. The van der Waals surface area contributed by atoms with Crippen LogP contribution in [-0.4, -0.2) is 23.5 Å². The fraction of sp³-hybridized carbons (Fsp3) is 0.0952. The summed E-state index contributed by atoms with van der Waals surface area (Å²) in [7, 11) is 0. The lowest BCUT2D eigenvalue weighted by atomic mass is 10.1. The maximum atomic E-state index is 11.9. The fourth-order valence-electron chi connectivity index (χ4n) is 2.45. The molecule has 8 heteroatoms. The third-order valence-corrected chi connectivity index (χ3v) is 4.01. The molecule has 3 rings (SSSR count). The van der Waals surface area contributed by atoms with Crippen molar-refractivity contribution >= 4 is 46.0 Å². The number of furan rings is 1. The zero-order chi connectivity index (χ0) is 20.6. The van der Waals surface area contributed by atoms with Crippen molar-refractivity contribution in [3.05, 3.63) is 72.2 Å². The van der Waals surface area contributed by atoms with E-state index in [1.807, 2.05) is 43.3 Å². The van der Waals surface area contributed by atoms with Crippen molar-refractivity contribution in [1.82, 2.24) is 16.2 Å². The molecular formula is C21H19N3O4S. The summed E-state index contributed by atoms with van der Waals surface area (Å²) < 4.78 is 10.8. The molecule has 1 aromatic heterocycles. The normalized spacial score (nSPS) is 10.7. The zero-order valence-corrected chi connectivity index (χ0v) is 16.4. The summed E-state index contributed by atoms with van der Waals surface area (Å²) >= 11 is 4.96. The van der Waals surface area contributed by atoms with Crippen molar-refractivity contribution in [2.45, 2.75) is 6.92 Å². The van der Waals surface area contributed by atoms with Crippen LogP contribution in [0.2, 0.25) is 0 Å². The molecule has 0 aliphatic carbocycles. The summed E-state index contributed by atoms with van der Waals surface area (Å²) in [6.45, 7) is 1.60. The minimum Gasteiger partial charge on any atom is -0.484 e. The van der Waals surface area contributed by atoms with Crippen LogP contribution in [0.1, 0.15) is 11.5 Å². The number of carbonyl (C=O) groups excluding carboxylic acids is 2. The van der Waals surface area contributed by atoms with Crippen LogP contribution in [0.3, 0.4) is 0 Å². The van der Waals surface area contributed by atoms with E-state index in [0.29, 0.717) is 11.5 Å². The second kappa shape index (κ2) is 9.52. The molecule has 0 radical (unpaired) electrons. The summed E-state index contributed by atoms with van der Waals surface area (Å²) in [5, 5.41) is 4.46. The molecule has 0 fully saturated rings. The molecule has 0 aliphatic rings. The van der Waals surface area contributed by atoms with Crippen LogP contribution in [0.25, 0.3) is 16.8 Å². The van der Waals surface area contributed by atoms with E-state index in [4.69, 9.17) is 21.4 Å². The van der Waals surface area contributed by atoms with Gasteiger partial charge in [0, 0.05) is 6.08 Å². The maximum absolute atomic E-state index is 11.9. The van der Waals surface area contributed by atoms with E-state index in [9.17, 15) is 9.59 Å². The van der Waals surface area contributed by atoms with Crippen molar-refractivity contribution in [2.75, 3.05) is 6.61 Å². The highest BCUT2D eigenvalue weighted by Gasteiger charge is 2.06. The highest BCUT2D eigenvalue weighted by Crippen LogP contribution is 2.20. The second-order valence-corrected chi connectivity index (χ2v) is 6.48. The number of amides is 2. The Morgan fingerprint density at radius 2 is 1.86 bits per heavy atom. The van der Waals surface area contributed by atoms with Crippen molar-refractivity contribution in [2.24, 2.45) is 0 Å². The first kappa shape index (κ1) is 20.1. The van der Waals surface area contributed by atoms with Gasteiger partial charge in [0.15, 0.2) is 11.7 Å². The van der Waals surface area contributed by atoms with Crippen molar-refractivity contribution in [1.29, 1.82) is 0 Å². The molecule has 3 aromatic rings. The minimum atomic E-state index is -0.460. The number of benzene rings is 2. The SMILES string of the molecule is Cc1ccc(/C=C/C(=O)NC(=S)NNC(=O)COc2ccc3ccccc3c2)o1. The van der Waals surface area contributed by atoms with Gasteiger partial charge in [-0.3, -0.25) is 25.8 Å². The van der Waals surface area contributed by atoms with Crippen LogP contribution >= 0.6 is 12.2 Å². The quantitative estimate of drug-likeness (QED) is 0.341. The first-order valence-corrected chi connectivity index (χ1v) is 9.16.